The number of carboxylic acid groups (broad SMARTS) is 1. The number of thioether (sulfide) groups is 1. The van der Waals surface area contributed by atoms with Gasteiger partial charge in [0, 0.05) is 18.2 Å². The predicted molar refractivity (Wildman–Crippen MR) is 81.7 cm³/mol. The number of carbonyl (C=O) groups is 3. The molecule has 3 rings (SSSR count). The molecule has 1 aromatic heterocycles. The predicted octanol–water partition coefficient (Wildman–Crippen LogP) is 1.01. The summed E-state index contributed by atoms with van der Waals surface area (Å²) in [6, 6.07) is 7.76. The number of pyridine rings is 1. The smallest absolute Gasteiger partial charge is 0.247 e. The van der Waals surface area contributed by atoms with Gasteiger partial charge >= 0.3 is 0 Å². The molecule has 1 fully saturated rings. The van der Waals surface area contributed by atoms with Crippen LogP contribution in [-0.4, -0.2) is 28.0 Å². The lowest BCUT2D eigenvalue weighted by molar-refractivity contribution is -0.255. The lowest BCUT2D eigenvalue weighted by Crippen LogP contribution is -2.31. The third-order valence-corrected chi connectivity index (χ3v) is 4.64. The number of rotatable bonds is 4. The number of aromatic nitrogens is 1. The number of carbonyl (C=O) groups excluding carboxylic acids is 3. The molecule has 1 aliphatic heterocycles. The molecule has 0 bridgehead atoms. The summed E-state index contributed by atoms with van der Waals surface area (Å²) >= 11 is 0.902. The fraction of sp³-hybridized carbons (Fsp3) is 0.125. The highest BCUT2D eigenvalue weighted by molar-refractivity contribution is 8.00. The molecule has 1 aliphatic rings. The molecule has 0 unspecified atom stereocenters. The molecule has 1 saturated heterocycles. The molecule has 0 radical (unpaired) electrons. The number of nitrogens with zero attached hydrogens (tertiary/aromatic N) is 2. The summed E-state index contributed by atoms with van der Waals surface area (Å²) in [7, 11) is 0. The van der Waals surface area contributed by atoms with Gasteiger partial charge < -0.3 is 9.90 Å². The molecule has 0 saturated carbocycles. The van der Waals surface area contributed by atoms with E-state index in [1.54, 1.807) is 0 Å². The van der Waals surface area contributed by atoms with Crippen LogP contribution in [0.4, 0.5) is 10.1 Å². The molecule has 2 aromatic rings. The Morgan fingerprint density at radius 3 is 2.62 bits per heavy atom. The number of carboxylic acids is 1. The van der Waals surface area contributed by atoms with E-state index in [2.05, 4.69) is 4.98 Å². The maximum absolute atomic E-state index is 13.0. The largest absolute Gasteiger partial charge is 0.545 e. The highest BCUT2D eigenvalue weighted by Gasteiger charge is 2.40. The maximum atomic E-state index is 13.0. The van der Waals surface area contributed by atoms with Crippen LogP contribution in [0.15, 0.2) is 47.6 Å². The van der Waals surface area contributed by atoms with E-state index in [0.717, 1.165) is 28.8 Å². The first-order valence-electron chi connectivity index (χ1n) is 6.93. The fourth-order valence-electron chi connectivity index (χ4n) is 2.33. The number of anilines is 1. The quantitative estimate of drug-likeness (QED) is 0.768. The Labute approximate surface area is 140 Å². The highest BCUT2D eigenvalue weighted by Crippen LogP contribution is 2.34. The average molecular weight is 345 g/mol. The zero-order valence-electron chi connectivity index (χ0n) is 12.1. The zero-order chi connectivity index (χ0) is 17.3. The average Bonchev–Trinajstić information content (AvgIpc) is 2.83. The molecular weight excluding hydrogens is 335 g/mol. The Bertz CT molecular complexity index is 825. The van der Waals surface area contributed by atoms with Gasteiger partial charge in [-0.3, -0.25) is 9.59 Å². The molecule has 2 amide bonds. The van der Waals surface area contributed by atoms with Crippen LogP contribution < -0.4 is 10.0 Å². The van der Waals surface area contributed by atoms with Crippen LogP contribution in [0.2, 0.25) is 0 Å². The second kappa shape index (κ2) is 6.40. The molecule has 24 heavy (non-hydrogen) atoms. The van der Waals surface area contributed by atoms with Crippen molar-refractivity contribution in [1.82, 2.24) is 4.98 Å². The van der Waals surface area contributed by atoms with Gasteiger partial charge in [0.05, 0.1) is 16.9 Å². The first-order chi connectivity index (χ1) is 11.5. The van der Waals surface area contributed by atoms with Crippen molar-refractivity contribution < 1.29 is 23.9 Å². The Morgan fingerprint density at radius 1 is 1.25 bits per heavy atom. The van der Waals surface area contributed by atoms with Crippen molar-refractivity contribution in [2.24, 2.45) is 0 Å². The van der Waals surface area contributed by atoms with Gasteiger partial charge in [0.15, 0.2) is 0 Å². The number of aromatic carboxylic acids is 1. The molecule has 0 spiro atoms. The van der Waals surface area contributed by atoms with E-state index in [4.69, 9.17) is 0 Å². The number of benzene rings is 1. The monoisotopic (exact) mass is 345 g/mol. The molecule has 0 N–H and O–H groups in total. The van der Waals surface area contributed by atoms with Crippen LogP contribution in [0.1, 0.15) is 16.8 Å². The van der Waals surface area contributed by atoms with E-state index in [-0.39, 0.29) is 22.7 Å². The summed E-state index contributed by atoms with van der Waals surface area (Å²) in [4.78, 5) is 40.6. The molecular formula is C16H10FN2O4S-. The summed E-state index contributed by atoms with van der Waals surface area (Å²) in [5, 5.41) is 10.4. The van der Waals surface area contributed by atoms with E-state index >= 15 is 0 Å². The first kappa shape index (κ1) is 16.1. The van der Waals surface area contributed by atoms with Gasteiger partial charge in [-0.25, -0.2) is 14.3 Å². The van der Waals surface area contributed by atoms with Crippen molar-refractivity contribution >= 4 is 35.2 Å². The van der Waals surface area contributed by atoms with Crippen molar-refractivity contribution in [3.8, 4) is 0 Å². The van der Waals surface area contributed by atoms with Gasteiger partial charge in [-0.2, -0.15) is 0 Å². The van der Waals surface area contributed by atoms with Gasteiger partial charge in [-0.1, -0.05) is 11.8 Å². The second-order valence-electron chi connectivity index (χ2n) is 5.00. The Kier molecular flexibility index (Phi) is 4.30. The summed E-state index contributed by atoms with van der Waals surface area (Å²) < 4.78 is 13.0. The lowest BCUT2D eigenvalue weighted by atomic mass is 10.3. The highest BCUT2D eigenvalue weighted by atomic mass is 32.2. The van der Waals surface area contributed by atoms with Crippen LogP contribution in [0.3, 0.4) is 0 Å². The number of imide groups is 1. The van der Waals surface area contributed by atoms with Gasteiger partial charge in [-0.15, -0.1) is 0 Å². The minimum absolute atomic E-state index is 0.0933. The molecule has 8 heteroatoms. The molecule has 1 aromatic carbocycles. The first-order valence-corrected chi connectivity index (χ1v) is 7.80. The van der Waals surface area contributed by atoms with Crippen LogP contribution in [0, 0.1) is 5.82 Å². The maximum Gasteiger partial charge on any atom is 0.247 e. The Hall–Kier alpha value is -2.74. The number of hydrogen-bond acceptors (Lipinski definition) is 6. The SMILES string of the molecule is O=C([O-])c1cccnc1S[C@H]1CC(=O)N(c2ccc(F)cc2)C1=O. The standard InChI is InChI=1S/C16H11FN2O4S/c17-9-3-5-10(6-4-9)19-13(20)8-12(15(19)21)24-14-11(16(22)23)2-1-7-18-14/h1-7,12H,8H2,(H,22,23)/p-1/t12-/m0/s1. The van der Waals surface area contributed by atoms with Gasteiger partial charge in [-0.05, 0) is 36.4 Å². The van der Waals surface area contributed by atoms with Crippen LogP contribution >= 0.6 is 11.8 Å². The third-order valence-electron chi connectivity index (χ3n) is 3.44. The summed E-state index contributed by atoms with van der Waals surface area (Å²) in [5.74, 6) is -2.81. The van der Waals surface area contributed by atoms with E-state index in [1.807, 2.05) is 0 Å². The molecule has 1 atom stereocenters. The van der Waals surface area contributed by atoms with Crippen molar-refractivity contribution in [3.05, 3.63) is 54.0 Å². The minimum atomic E-state index is -1.40. The van der Waals surface area contributed by atoms with E-state index in [1.165, 1.54) is 30.5 Å². The number of hydrogen-bond donors (Lipinski definition) is 0. The number of halogens is 1. The van der Waals surface area contributed by atoms with Crippen LogP contribution in [0.5, 0.6) is 0 Å². The molecule has 122 valence electrons. The fourth-order valence-corrected chi connectivity index (χ4v) is 3.43. The zero-order valence-corrected chi connectivity index (χ0v) is 13.0. The lowest BCUT2D eigenvalue weighted by Gasteiger charge is -2.15. The molecule has 6 nitrogen and oxygen atoms in total. The molecule has 0 aliphatic carbocycles. The normalized spacial score (nSPS) is 17.4. The summed E-state index contributed by atoms with van der Waals surface area (Å²) in [5.41, 5.74) is 0.138. The second-order valence-corrected chi connectivity index (χ2v) is 6.19. The Balaban J connectivity index is 1.85. The van der Waals surface area contributed by atoms with E-state index in [0.29, 0.717) is 0 Å². The van der Waals surface area contributed by atoms with Crippen molar-refractivity contribution in [3.63, 3.8) is 0 Å². The third kappa shape index (κ3) is 3.00. The minimum Gasteiger partial charge on any atom is -0.545 e. The van der Waals surface area contributed by atoms with Crippen molar-refractivity contribution in [2.75, 3.05) is 4.90 Å². The van der Waals surface area contributed by atoms with Crippen LogP contribution in [-0.2, 0) is 9.59 Å². The molecule has 2 heterocycles. The van der Waals surface area contributed by atoms with Crippen LogP contribution in [0.25, 0.3) is 0 Å². The Morgan fingerprint density at radius 2 is 1.96 bits per heavy atom. The van der Waals surface area contributed by atoms with E-state index < -0.39 is 28.9 Å². The van der Waals surface area contributed by atoms with Gasteiger partial charge in [0.1, 0.15) is 10.8 Å². The summed E-state index contributed by atoms with van der Waals surface area (Å²) in [6.07, 6.45) is 1.30. The van der Waals surface area contributed by atoms with Crippen molar-refractivity contribution in [1.29, 1.82) is 0 Å². The van der Waals surface area contributed by atoms with E-state index in [9.17, 15) is 23.9 Å². The topological polar surface area (TPSA) is 90.4 Å². The van der Waals surface area contributed by atoms with Gasteiger partial charge in [0.2, 0.25) is 11.8 Å². The van der Waals surface area contributed by atoms with Crippen molar-refractivity contribution in [2.45, 2.75) is 16.7 Å². The number of amides is 2. The van der Waals surface area contributed by atoms with Gasteiger partial charge in [0.25, 0.3) is 0 Å². The summed E-state index contributed by atoms with van der Waals surface area (Å²) in [6.45, 7) is 0.